The number of rotatable bonds is 5. The number of H-pyrrole nitrogens is 1. The van der Waals surface area contributed by atoms with Crippen molar-refractivity contribution < 1.29 is 18.3 Å². The number of hydrogen-bond acceptors (Lipinski definition) is 3. The Kier molecular flexibility index (Phi) is 4.51. The molecule has 0 unspecified atom stereocenters. The number of aromatic amines is 1. The van der Waals surface area contributed by atoms with Gasteiger partial charge in [0, 0.05) is 28.8 Å². The monoisotopic (exact) mass is 336 g/mol. The maximum Gasteiger partial charge on any atom is 0.405 e. The topological polar surface area (TPSA) is 99.3 Å². The maximum absolute atomic E-state index is 11.3. The second-order valence-corrected chi connectivity index (χ2v) is 8.14. The third kappa shape index (κ3) is 4.59. The molecule has 0 fully saturated rings. The Balaban J connectivity index is 2.39. The van der Waals surface area contributed by atoms with Crippen molar-refractivity contribution in [3.8, 4) is 0 Å². The van der Waals surface area contributed by atoms with Gasteiger partial charge in [-0.1, -0.05) is 18.2 Å². The minimum atomic E-state index is -3.20. The Morgan fingerprint density at radius 2 is 2.09 bits per heavy atom. The van der Waals surface area contributed by atoms with Crippen LogP contribution in [0.4, 0.5) is 4.79 Å². The first kappa shape index (κ1) is 17.1. The molecular weight excluding hydrogens is 316 g/mol. The van der Waals surface area contributed by atoms with Crippen molar-refractivity contribution in [1.82, 2.24) is 10.3 Å². The fourth-order valence-corrected chi connectivity index (χ4v) is 2.92. The van der Waals surface area contributed by atoms with E-state index in [1.165, 1.54) is 0 Å². The zero-order chi connectivity index (χ0) is 17.3. The molecule has 3 N–H and O–H groups in total. The average Bonchev–Trinajstić information content (AvgIpc) is 2.77. The Morgan fingerprint density at radius 3 is 2.70 bits per heavy atom. The van der Waals surface area contributed by atoms with Crippen LogP contribution >= 0.6 is 0 Å². The summed E-state index contributed by atoms with van der Waals surface area (Å²) in [6.07, 6.45) is 3.97. The molecule has 7 heteroatoms. The highest BCUT2D eigenvalue weighted by atomic mass is 32.2. The summed E-state index contributed by atoms with van der Waals surface area (Å²) in [7, 11) is -3.20. The molecule has 23 heavy (non-hydrogen) atoms. The first-order valence-corrected chi connectivity index (χ1v) is 9.01. The third-order valence-electron chi connectivity index (χ3n) is 3.41. The number of hydrogen-bond donors (Lipinski definition) is 3. The largest absolute Gasteiger partial charge is 0.465 e. The zero-order valence-electron chi connectivity index (χ0n) is 13.3. The zero-order valence-corrected chi connectivity index (χ0v) is 14.1. The smallest absolute Gasteiger partial charge is 0.405 e. The number of carbonyl (C=O) groups is 1. The first-order chi connectivity index (χ1) is 10.6. The van der Waals surface area contributed by atoms with Gasteiger partial charge >= 0.3 is 6.09 Å². The molecule has 0 aliphatic heterocycles. The number of sulfone groups is 1. The van der Waals surface area contributed by atoms with Crippen molar-refractivity contribution in [2.45, 2.75) is 25.8 Å². The molecule has 0 bridgehead atoms. The third-order valence-corrected chi connectivity index (χ3v) is 4.04. The van der Waals surface area contributed by atoms with Crippen molar-refractivity contribution >= 4 is 32.9 Å². The molecule has 0 radical (unpaired) electrons. The number of benzene rings is 1. The van der Waals surface area contributed by atoms with Crippen LogP contribution in [0.2, 0.25) is 0 Å². The molecule has 2 aromatic rings. The number of para-hydroxylation sites is 1. The van der Waals surface area contributed by atoms with Gasteiger partial charge in [0.25, 0.3) is 0 Å². The van der Waals surface area contributed by atoms with E-state index >= 15 is 0 Å². The molecule has 0 saturated carbocycles. The second kappa shape index (κ2) is 6.08. The van der Waals surface area contributed by atoms with E-state index in [0.717, 1.165) is 33.7 Å². The molecule has 1 heterocycles. The van der Waals surface area contributed by atoms with Gasteiger partial charge in [-0.25, -0.2) is 13.2 Å². The summed E-state index contributed by atoms with van der Waals surface area (Å²) in [4.78, 5) is 14.0. The minimum Gasteiger partial charge on any atom is -0.465 e. The predicted octanol–water partition coefficient (Wildman–Crippen LogP) is 2.77. The quantitative estimate of drug-likeness (QED) is 0.781. The molecule has 0 aliphatic carbocycles. The highest BCUT2D eigenvalue weighted by Crippen LogP contribution is 2.26. The van der Waals surface area contributed by atoms with E-state index in [-0.39, 0.29) is 0 Å². The lowest BCUT2D eigenvalue weighted by Crippen LogP contribution is -2.44. The number of fused-ring (bicyclic) bond motifs is 1. The summed E-state index contributed by atoms with van der Waals surface area (Å²) in [5.74, 6) is 0. The molecule has 0 spiro atoms. The van der Waals surface area contributed by atoms with Crippen molar-refractivity contribution in [2.75, 3.05) is 6.26 Å². The standard InChI is InChI=1S/C16H20N2O4S/c1-16(2,18-15(19)20)9-12-10-17-14-11(5-4-6-13(12)14)7-8-23(3,21)22/h4-8,10,17-18H,9H2,1-3H3,(H,19,20)/b8-7+. The van der Waals surface area contributed by atoms with E-state index in [4.69, 9.17) is 5.11 Å². The van der Waals surface area contributed by atoms with Crippen LogP contribution in [0.1, 0.15) is 25.0 Å². The van der Waals surface area contributed by atoms with Gasteiger partial charge in [0.05, 0.1) is 5.52 Å². The van der Waals surface area contributed by atoms with Gasteiger partial charge in [0.15, 0.2) is 9.84 Å². The molecule has 6 nitrogen and oxygen atoms in total. The van der Waals surface area contributed by atoms with Crippen molar-refractivity contribution in [1.29, 1.82) is 0 Å². The molecule has 0 saturated heterocycles. The first-order valence-electron chi connectivity index (χ1n) is 7.06. The summed E-state index contributed by atoms with van der Waals surface area (Å²) in [6.45, 7) is 3.63. The van der Waals surface area contributed by atoms with Gasteiger partial charge in [0.1, 0.15) is 0 Å². The summed E-state index contributed by atoms with van der Waals surface area (Å²) < 4.78 is 22.6. The summed E-state index contributed by atoms with van der Waals surface area (Å²) in [5.41, 5.74) is 1.95. The molecule has 1 aromatic heterocycles. The van der Waals surface area contributed by atoms with Crippen molar-refractivity contribution in [3.05, 3.63) is 40.9 Å². The van der Waals surface area contributed by atoms with Crippen LogP contribution in [-0.4, -0.2) is 36.4 Å². The lowest BCUT2D eigenvalue weighted by molar-refractivity contribution is 0.182. The summed E-state index contributed by atoms with van der Waals surface area (Å²) >= 11 is 0. The molecule has 1 aromatic carbocycles. The lowest BCUT2D eigenvalue weighted by Gasteiger charge is -2.24. The van der Waals surface area contributed by atoms with E-state index in [0.29, 0.717) is 6.42 Å². The SMILES string of the molecule is CC(C)(Cc1c[nH]c2c(/C=C/S(C)(=O)=O)cccc12)NC(=O)O. The number of amides is 1. The number of nitrogens with one attached hydrogen (secondary N) is 2. The molecule has 2 rings (SSSR count). The summed E-state index contributed by atoms with van der Waals surface area (Å²) in [6, 6.07) is 5.60. The Hall–Kier alpha value is -2.28. The van der Waals surface area contributed by atoms with Crippen molar-refractivity contribution in [3.63, 3.8) is 0 Å². The van der Waals surface area contributed by atoms with Crippen LogP contribution in [0.5, 0.6) is 0 Å². The molecule has 1 amide bonds. The van der Waals surface area contributed by atoms with E-state index in [1.54, 1.807) is 6.08 Å². The summed E-state index contributed by atoms with van der Waals surface area (Å²) in [5, 5.41) is 13.5. The van der Waals surface area contributed by atoms with Crippen LogP contribution in [0.25, 0.3) is 17.0 Å². The van der Waals surface area contributed by atoms with Crippen LogP contribution in [0.15, 0.2) is 29.8 Å². The fourth-order valence-electron chi connectivity index (χ4n) is 2.53. The number of carboxylic acid groups (broad SMARTS) is 1. The van der Waals surface area contributed by atoms with Crippen LogP contribution in [-0.2, 0) is 16.3 Å². The van der Waals surface area contributed by atoms with E-state index in [1.807, 2.05) is 38.2 Å². The van der Waals surface area contributed by atoms with Crippen LogP contribution in [0.3, 0.4) is 0 Å². The Bertz CT molecular complexity index is 863. The van der Waals surface area contributed by atoms with Crippen LogP contribution < -0.4 is 5.32 Å². The lowest BCUT2D eigenvalue weighted by atomic mass is 9.94. The van der Waals surface area contributed by atoms with Gasteiger partial charge in [-0.2, -0.15) is 0 Å². The van der Waals surface area contributed by atoms with Crippen molar-refractivity contribution in [2.24, 2.45) is 0 Å². The van der Waals surface area contributed by atoms with Gasteiger partial charge in [-0.3, -0.25) is 0 Å². The van der Waals surface area contributed by atoms with E-state index < -0.39 is 21.5 Å². The second-order valence-electron chi connectivity index (χ2n) is 6.21. The van der Waals surface area contributed by atoms with Gasteiger partial charge in [0.2, 0.25) is 0 Å². The van der Waals surface area contributed by atoms with Crippen LogP contribution in [0, 0.1) is 0 Å². The van der Waals surface area contributed by atoms with Gasteiger partial charge < -0.3 is 15.4 Å². The average molecular weight is 336 g/mol. The highest BCUT2D eigenvalue weighted by Gasteiger charge is 2.22. The molecule has 0 aliphatic rings. The molecule has 0 atom stereocenters. The molecular formula is C16H20N2O4S. The fraction of sp³-hybridized carbons (Fsp3) is 0.312. The van der Waals surface area contributed by atoms with Gasteiger partial charge in [-0.05, 0) is 37.5 Å². The van der Waals surface area contributed by atoms with Gasteiger partial charge in [-0.15, -0.1) is 0 Å². The number of aromatic nitrogens is 1. The Morgan fingerprint density at radius 1 is 1.39 bits per heavy atom. The maximum atomic E-state index is 11.3. The highest BCUT2D eigenvalue weighted by molar-refractivity contribution is 7.93. The Labute approximate surface area is 135 Å². The van der Waals surface area contributed by atoms with E-state index in [9.17, 15) is 13.2 Å². The normalized spacial score (nSPS) is 12.8. The predicted molar refractivity (Wildman–Crippen MR) is 91.1 cm³/mol. The van der Waals surface area contributed by atoms with E-state index in [2.05, 4.69) is 10.3 Å². The minimum absolute atomic E-state index is 0.512. The molecule has 124 valence electrons.